The van der Waals surface area contributed by atoms with Gasteiger partial charge in [0.2, 0.25) is 0 Å². The summed E-state index contributed by atoms with van der Waals surface area (Å²) in [6, 6.07) is 1.67. The minimum atomic E-state index is -0.563. The summed E-state index contributed by atoms with van der Waals surface area (Å²) in [6.07, 6.45) is 6.45. The molecule has 1 aliphatic rings. The number of hydrogen-bond acceptors (Lipinski definition) is 5. The highest BCUT2D eigenvalue weighted by Gasteiger charge is 2.19. The molecule has 0 saturated carbocycles. The zero-order chi connectivity index (χ0) is 15.5. The van der Waals surface area contributed by atoms with Crippen LogP contribution < -0.4 is 5.56 Å². The van der Waals surface area contributed by atoms with Gasteiger partial charge in [0.1, 0.15) is 0 Å². The molecule has 0 unspecified atom stereocenters. The number of aromatic nitrogens is 3. The third-order valence-electron chi connectivity index (χ3n) is 4.38. The highest BCUT2D eigenvalue weighted by molar-refractivity contribution is 5.75. The monoisotopic (exact) mass is 302 g/mol. The topological polar surface area (TPSA) is 71.2 Å². The summed E-state index contributed by atoms with van der Waals surface area (Å²) in [5, 5.41) is 10.8. The Balaban J connectivity index is 1.67. The van der Waals surface area contributed by atoms with Crippen LogP contribution >= 0.6 is 0 Å². The van der Waals surface area contributed by atoms with Gasteiger partial charge in [-0.15, -0.1) is 0 Å². The van der Waals surface area contributed by atoms with E-state index in [4.69, 9.17) is 0 Å². The second kappa shape index (κ2) is 6.54. The molecule has 0 radical (unpaired) electrons. The van der Waals surface area contributed by atoms with Crippen LogP contribution in [0.4, 0.5) is 0 Å². The molecule has 1 atom stereocenters. The molecule has 0 spiro atoms. The number of piperidine rings is 1. The van der Waals surface area contributed by atoms with Crippen molar-refractivity contribution in [1.82, 2.24) is 19.4 Å². The normalized spacial score (nSPS) is 18.6. The van der Waals surface area contributed by atoms with E-state index < -0.39 is 6.10 Å². The molecule has 118 valence electrons. The van der Waals surface area contributed by atoms with Gasteiger partial charge in [-0.1, -0.05) is 6.92 Å². The van der Waals surface area contributed by atoms with Gasteiger partial charge in [0.25, 0.3) is 5.56 Å². The largest absolute Gasteiger partial charge is 0.390 e. The molecule has 22 heavy (non-hydrogen) atoms. The maximum Gasteiger partial charge on any atom is 0.261 e. The van der Waals surface area contributed by atoms with Crippen molar-refractivity contribution in [3.63, 3.8) is 0 Å². The van der Waals surface area contributed by atoms with Crippen LogP contribution in [0.15, 0.2) is 29.6 Å². The van der Waals surface area contributed by atoms with Crippen molar-refractivity contribution in [2.24, 2.45) is 5.92 Å². The number of β-amino-alcohol motifs (C(OH)–C–C–N with tert-alkyl or cyclic N) is 1. The number of rotatable bonds is 4. The van der Waals surface area contributed by atoms with E-state index in [1.807, 2.05) is 0 Å². The number of nitrogens with zero attached hydrogens (tertiary/aromatic N) is 4. The molecule has 0 amide bonds. The molecule has 2 aromatic rings. The lowest BCUT2D eigenvalue weighted by Gasteiger charge is -2.31. The number of hydrogen-bond donors (Lipinski definition) is 1. The first-order valence-corrected chi connectivity index (χ1v) is 7.83. The molecule has 1 fully saturated rings. The molecular formula is C16H22N4O2. The first-order chi connectivity index (χ1) is 10.6. The zero-order valence-corrected chi connectivity index (χ0v) is 12.9. The first kappa shape index (κ1) is 15.1. The molecule has 3 heterocycles. The molecule has 0 bridgehead atoms. The van der Waals surface area contributed by atoms with Crippen molar-refractivity contribution < 1.29 is 5.11 Å². The summed E-state index contributed by atoms with van der Waals surface area (Å²) >= 11 is 0. The van der Waals surface area contributed by atoms with Crippen LogP contribution in [0.25, 0.3) is 10.9 Å². The van der Waals surface area contributed by atoms with Gasteiger partial charge in [0.05, 0.1) is 36.1 Å². The van der Waals surface area contributed by atoms with Gasteiger partial charge in [-0.2, -0.15) is 0 Å². The number of pyridine rings is 1. The summed E-state index contributed by atoms with van der Waals surface area (Å²) in [5.41, 5.74) is 0.460. The van der Waals surface area contributed by atoms with Crippen LogP contribution in [0.3, 0.4) is 0 Å². The lowest BCUT2D eigenvalue weighted by molar-refractivity contribution is 0.0794. The van der Waals surface area contributed by atoms with Crippen LogP contribution in [0.2, 0.25) is 0 Å². The van der Waals surface area contributed by atoms with Gasteiger partial charge in [-0.05, 0) is 37.9 Å². The summed E-state index contributed by atoms with van der Waals surface area (Å²) in [7, 11) is 0. The van der Waals surface area contributed by atoms with Crippen molar-refractivity contribution in [3.05, 3.63) is 35.1 Å². The van der Waals surface area contributed by atoms with Gasteiger partial charge in [0, 0.05) is 12.7 Å². The SMILES string of the molecule is CC1CCN(C[C@H](O)Cn2cnc3cnccc3c2=O)CC1. The van der Waals surface area contributed by atoms with E-state index in [9.17, 15) is 9.90 Å². The van der Waals surface area contributed by atoms with Gasteiger partial charge in [-0.25, -0.2) is 4.98 Å². The minimum absolute atomic E-state index is 0.126. The van der Waals surface area contributed by atoms with E-state index in [0.29, 0.717) is 17.4 Å². The highest BCUT2D eigenvalue weighted by Crippen LogP contribution is 2.16. The van der Waals surface area contributed by atoms with Crippen molar-refractivity contribution in [2.75, 3.05) is 19.6 Å². The Morgan fingerprint density at radius 3 is 2.91 bits per heavy atom. The Labute approximate surface area is 129 Å². The van der Waals surface area contributed by atoms with Crippen molar-refractivity contribution >= 4 is 10.9 Å². The molecule has 1 saturated heterocycles. The van der Waals surface area contributed by atoms with Gasteiger partial charge in [-0.3, -0.25) is 14.3 Å². The van der Waals surface area contributed by atoms with Crippen LogP contribution in [0, 0.1) is 5.92 Å². The van der Waals surface area contributed by atoms with Crippen molar-refractivity contribution in [1.29, 1.82) is 0 Å². The second-order valence-corrected chi connectivity index (χ2v) is 6.23. The molecule has 6 heteroatoms. The average molecular weight is 302 g/mol. The maximum absolute atomic E-state index is 12.4. The summed E-state index contributed by atoms with van der Waals surface area (Å²) < 4.78 is 1.49. The molecule has 1 N–H and O–H groups in total. The Morgan fingerprint density at radius 2 is 2.14 bits per heavy atom. The minimum Gasteiger partial charge on any atom is -0.390 e. The summed E-state index contributed by atoms with van der Waals surface area (Å²) in [5.74, 6) is 0.773. The van der Waals surface area contributed by atoms with Crippen LogP contribution in [-0.4, -0.2) is 50.3 Å². The van der Waals surface area contributed by atoms with Crippen LogP contribution in [-0.2, 0) is 6.54 Å². The Hall–Kier alpha value is -1.79. The standard InChI is InChI=1S/C16H22N4O2/c1-12-3-6-19(7-4-12)9-13(21)10-20-11-18-15-8-17-5-2-14(15)16(20)22/h2,5,8,11-13,21H,3-4,6-7,9-10H2,1H3/t13-/m0/s1. The molecule has 1 aliphatic heterocycles. The fourth-order valence-corrected chi connectivity index (χ4v) is 2.97. The number of likely N-dealkylation sites (tertiary alicyclic amines) is 1. The molecule has 0 aromatic carbocycles. The van der Waals surface area contributed by atoms with E-state index in [2.05, 4.69) is 21.8 Å². The van der Waals surface area contributed by atoms with Crippen LogP contribution in [0.5, 0.6) is 0 Å². The first-order valence-electron chi connectivity index (χ1n) is 7.83. The summed E-state index contributed by atoms with van der Waals surface area (Å²) in [4.78, 5) is 22.8. The fraction of sp³-hybridized carbons (Fsp3) is 0.562. The third kappa shape index (κ3) is 3.34. The Morgan fingerprint density at radius 1 is 1.36 bits per heavy atom. The predicted octanol–water partition coefficient (Wildman–Crippen LogP) is 0.884. The molecule has 0 aliphatic carbocycles. The van der Waals surface area contributed by atoms with Gasteiger partial charge < -0.3 is 10.0 Å². The lowest BCUT2D eigenvalue weighted by atomic mass is 9.99. The summed E-state index contributed by atoms with van der Waals surface area (Å²) in [6.45, 7) is 5.19. The Bertz CT molecular complexity index is 692. The fourth-order valence-electron chi connectivity index (χ4n) is 2.97. The smallest absolute Gasteiger partial charge is 0.261 e. The molecule has 6 nitrogen and oxygen atoms in total. The average Bonchev–Trinajstić information content (AvgIpc) is 2.53. The molecule has 3 rings (SSSR count). The molecular weight excluding hydrogens is 280 g/mol. The van der Waals surface area contributed by atoms with E-state index in [-0.39, 0.29) is 12.1 Å². The van der Waals surface area contributed by atoms with E-state index in [0.717, 1.165) is 19.0 Å². The van der Waals surface area contributed by atoms with E-state index in [1.54, 1.807) is 18.5 Å². The third-order valence-corrected chi connectivity index (χ3v) is 4.38. The quantitative estimate of drug-likeness (QED) is 0.908. The van der Waals surface area contributed by atoms with Gasteiger partial charge in [0.15, 0.2) is 0 Å². The van der Waals surface area contributed by atoms with Crippen LogP contribution in [0.1, 0.15) is 19.8 Å². The number of fused-ring (bicyclic) bond motifs is 1. The van der Waals surface area contributed by atoms with Crippen molar-refractivity contribution in [3.8, 4) is 0 Å². The predicted molar refractivity (Wildman–Crippen MR) is 84.6 cm³/mol. The number of aliphatic hydroxyl groups excluding tert-OH is 1. The zero-order valence-electron chi connectivity index (χ0n) is 12.9. The second-order valence-electron chi connectivity index (χ2n) is 6.23. The molecule has 2 aromatic heterocycles. The highest BCUT2D eigenvalue weighted by atomic mass is 16.3. The van der Waals surface area contributed by atoms with Gasteiger partial charge >= 0.3 is 0 Å². The van der Waals surface area contributed by atoms with E-state index in [1.165, 1.54) is 23.7 Å². The van der Waals surface area contributed by atoms with Crippen molar-refractivity contribution in [2.45, 2.75) is 32.4 Å². The maximum atomic E-state index is 12.4. The van der Waals surface area contributed by atoms with E-state index >= 15 is 0 Å². The lowest BCUT2D eigenvalue weighted by Crippen LogP contribution is -2.40. The Kier molecular flexibility index (Phi) is 4.49. The number of aliphatic hydroxyl groups is 1.